The summed E-state index contributed by atoms with van der Waals surface area (Å²) in [6.07, 6.45) is 3.42. The van der Waals surface area contributed by atoms with Gasteiger partial charge in [0.1, 0.15) is 5.69 Å². The van der Waals surface area contributed by atoms with Gasteiger partial charge in [-0.25, -0.2) is 0 Å². The van der Waals surface area contributed by atoms with Crippen molar-refractivity contribution in [3.05, 3.63) is 33.9 Å². The Morgan fingerprint density at radius 3 is 2.74 bits per heavy atom. The van der Waals surface area contributed by atoms with Crippen LogP contribution < -0.4 is 5.32 Å². The Hall–Kier alpha value is -1.62. The quantitative estimate of drug-likeness (QED) is 0.633. The Labute approximate surface area is 113 Å². The van der Waals surface area contributed by atoms with Crippen molar-refractivity contribution in [2.75, 3.05) is 25.0 Å². The average Bonchev–Trinajstić information content (AvgIpc) is 2.90. The zero-order chi connectivity index (χ0) is 13.7. The SMILES string of the molecule is CCCNc1ccc(CN2CCCC2)cc1[N+](=O)[O-]. The standard InChI is InChI=1S/C14H21N3O2/c1-2-7-15-13-6-5-12(10-14(13)17(18)19)11-16-8-3-4-9-16/h5-6,10,15H,2-4,7-9,11H2,1H3. The molecule has 1 fully saturated rings. The highest BCUT2D eigenvalue weighted by Gasteiger charge is 2.17. The van der Waals surface area contributed by atoms with Gasteiger partial charge in [-0.05, 0) is 44.0 Å². The zero-order valence-corrected chi connectivity index (χ0v) is 11.4. The molecule has 2 rings (SSSR count). The van der Waals surface area contributed by atoms with Crippen LogP contribution in [0.3, 0.4) is 0 Å². The van der Waals surface area contributed by atoms with E-state index in [1.807, 2.05) is 19.1 Å². The van der Waals surface area contributed by atoms with Crippen LogP contribution in [-0.2, 0) is 6.54 Å². The lowest BCUT2D eigenvalue weighted by Crippen LogP contribution is -2.18. The molecule has 19 heavy (non-hydrogen) atoms. The molecule has 1 aliphatic heterocycles. The zero-order valence-electron chi connectivity index (χ0n) is 11.4. The highest BCUT2D eigenvalue weighted by atomic mass is 16.6. The molecule has 0 spiro atoms. The molecule has 104 valence electrons. The fourth-order valence-corrected chi connectivity index (χ4v) is 2.43. The van der Waals surface area contributed by atoms with E-state index in [0.717, 1.165) is 38.2 Å². The summed E-state index contributed by atoms with van der Waals surface area (Å²) in [5, 5.41) is 14.2. The van der Waals surface area contributed by atoms with E-state index in [4.69, 9.17) is 0 Å². The summed E-state index contributed by atoms with van der Waals surface area (Å²) in [7, 11) is 0. The van der Waals surface area contributed by atoms with Crippen LogP contribution in [0, 0.1) is 10.1 Å². The van der Waals surface area contributed by atoms with Crippen molar-refractivity contribution in [3.63, 3.8) is 0 Å². The number of nitrogens with zero attached hydrogens (tertiary/aromatic N) is 2. The number of nitro benzene ring substituents is 1. The lowest BCUT2D eigenvalue weighted by Gasteiger charge is -2.15. The van der Waals surface area contributed by atoms with E-state index in [1.54, 1.807) is 6.07 Å². The highest BCUT2D eigenvalue weighted by Crippen LogP contribution is 2.26. The van der Waals surface area contributed by atoms with Gasteiger partial charge in [-0.15, -0.1) is 0 Å². The topological polar surface area (TPSA) is 58.4 Å². The van der Waals surface area contributed by atoms with Crippen LogP contribution in [0.5, 0.6) is 0 Å². The molecule has 0 unspecified atom stereocenters. The van der Waals surface area contributed by atoms with E-state index >= 15 is 0 Å². The molecule has 5 heteroatoms. The van der Waals surface area contributed by atoms with Crippen LogP contribution >= 0.6 is 0 Å². The normalized spacial score (nSPS) is 15.6. The molecule has 1 N–H and O–H groups in total. The minimum absolute atomic E-state index is 0.185. The third-order valence-corrected chi connectivity index (χ3v) is 3.43. The predicted octanol–water partition coefficient (Wildman–Crippen LogP) is 3.01. The number of nitro groups is 1. The average molecular weight is 263 g/mol. The molecular weight excluding hydrogens is 242 g/mol. The number of likely N-dealkylation sites (tertiary alicyclic amines) is 1. The number of hydrogen-bond donors (Lipinski definition) is 1. The van der Waals surface area contributed by atoms with E-state index < -0.39 is 0 Å². The van der Waals surface area contributed by atoms with Crippen molar-refractivity contribution in [1.82, 2.24) is 4.90 Å². The van der Waals surface area contributed by atoms with Crippen molar-refractivity contribution < 1.29 is 4.92 Å². The van der Waals surface area contributed by atoms with Crippen molar-refractivity contribution >= 4 is 11.4 Å². The van der Waals surface area contributed by atoms with E-state index in [2.05, 4.69) is 10.2 Å². The number of rotatable bonds is 6. The summed E-state index contributed by atoms with van der Waals surface area (Å²) in [6, 6.07) is 5.53. The van der Waals surface area contributed by atoms with E-state index in [0.29, 0.717) is 5.69 Å². The second-order valence-electron chi connectivity index (χ2n) is 5.02. The first-order valence-corrected chi connectivity index (χ1v) is 6.94. The van der Waals surface area contributed by atoms with E-state index in [1.165, 1.54) is 12.8 Å². The predicted molar refractivity (Wildman–Crippen MR) is 76.4 cm³/mol. The molecule has 1 aromatic rings. The largest absolute Gasteiger partial charge is 0.380 e. The first kappa shape index (κ1) is 13.8. The van der Waals surface area contributed by atoms with Gasteiger partial charge in [0, 0.05) is 19.2 Å². The van der Waals surface area contributed by atoms with Gasteiger partial charge in [0.05, 0.1) is 4.92 Å². The van der Waals surface area contributed by atoms with Crippen LogP contribution in [0.4, 0.5) is 11.4 Å². The number of anilines is 1. The van der Waals surface area contributed by atoms with Crippen molar-refractivity contribution in [3.8, 4) is 0 Å². The van der Waals surface area contributed by atoms with Gasteiger partial charge in [0.2, 0.25) is 0 Å². The minimum atomic E-state index is -0.300. The highest BCUT2D eigenvalue weighted by molar-refractivity contribution is 5.62. The maximum atomic E-state index is 11.1. The summed E-state index contributed by atoms with van der Waals surface area (Å²) in [4.78, 5) is 13.2. The molecule has 0 aliphatic carbocycles. The number of nitrogens with one attached hydrogen (secondary N) is 1. The van der Waals surface area contributed by atoms with Crippen molar-refractivity contribution in [2.24, 2.45) is 0 Å². The Balaban J connectivity index is 2.12. The van der Waals surface area contributed by atoms with Gasteiger partial charge >= 0.3 is 0 Å². The van der Waals surface area contributed by atoms with Crippen LogP contribution in [-0.4, -0.2) is 29.5 Å². The summed E-state index contributed by atoms with van der Waals surface area (Å²) in [6.45, 7) is 5.81. The Bertz CT molecular complexity index is 442. The van der Waals surface area contributed by atoms with Gasteiger partial charge in [0.25, 0.3) is 5.69 Å². The second kappa shape index (κ2) is 6.52. The number of benzene rings is 1. The molecular formula is C14H21N3O2. The smallest absolute Gasteiger partial charge is 0.292 e. The second-order valence-corrected chi connectivity index (χ2v) is 5.02. The maximum absolute atomic E-state index is 11.1. The Morgan fingerprint density at radius 1 is 1.37 bits per heavy atom. The molecule has 0 bridgehead atoms. The first-order valence-electron chi connectivity index (χ1n) is 6.94. The Morgan fingerprint density at radius 2 is 2.11 bits per heavy atom. The van der Waals surface area contributed by atoms with Crippen LogP contribution in [0.1, 0.15) is 31.7 Å². The third kappa shape index (κ3) is 3.67. The monoisotopic (exact) mass is 263 g/mol. The number of hydrogen-bond acceptors (Lipinski definition) is 4. The Kier molecular flexibility index (Phi) is 4.74. The molecule has 5 nitrogen and oxygen atoms in total. The molecule has 0 radical (unpaired) electrons. The molecule has 0 amide bonds. The minimum Gasteiger partial charge on any atom is -0.380 e. The lowest BCUT2D eigenvalue weighted by atomic mass is 10.1. The molecule has 1 saturated heterocycles. The summed E-state index contributed by atoms with van der Waals surface area (Å²) >= 11 is 0. The first-order chi connectivity index (χ1) is 9.20. The van der Waals surface area contributed by atoms with E-state index in [-0.39, 0.29) is 10.6 Å². The fourth-order valence-electron chi connectivity index (χ4n) is 2.43. The summed E-state index contributed by atoms with van der Waals surface area (Å²) in [5.41, 5.74) is 1.83. The van der Waals surface area contributed by atoms with E-state index in [9.17, 15) is 10.1 Å². The molecule has 0 atom stereocenters. The van der Waals surface area contributed by atoms with Gasteiger partial charge < -0.3 is 5.32 Å². The summed E-state index contributed by atoms with van der Waals surface area (Å²) in [5.74, 6) is 0. The fraction of sp³-hybridized carbons (Fsp3) is 0.571. The van der Waals surface area contributed by atoms with Gasteiger partial charge in [-0.1, -0.05) is 13.0 Å². The molecule has 1 aliphatic rings. The van der Waals surface area contributed by atoms with Crippen LogP contribution in [0.15, 0.2) is 18.2 Å². The van der Waals surface area contributed by atoms with Crippen molar-refractivity contribution in [1.29, 1.82) is 0 Å². The van der Waals surface area contributed by atoms with Crippen molar-refractivity contribution in [2.45, 2.75) is 32.7 Å². The molecule has 1 heterocycles. The molecule has 0 aromatic heterocycles. The van der Waals surface area contributed by atoms with Gasteiger partial charge in [-0.2, -0.15) is 0 Å². The van der Waals surface area contributed by atoms with Crippen LogP contribution in [0.25, 0.3) is 0 Å². The maximum Gasteiger partial charge on any atom is 0.292 e. The molecule has 0 saturated carbocycles. The van der Waals surface area contributed by atoms with Gasteiger partial charge in [0.15, 0.2) is 0 Å². The summed E-state index contributed by atoms with van der Waals surface area (Å²) < 4.78 is 0. The molecule has 1 aromatic carbocycles. The third-order valence-electron chi connectivity index (χ3n) is 3.43. The van der Waals surface area contributed by atoms with Gasteiger partial charge in [-0.3, -0.25) is 15.0 Å². The van der Waals surface area contributed by atoms with Crippen LogP contribution in [0.2, 0.25) is 0 Å². The lowest BCUT2D eigenvalue weighted by molar-refractivity contribution is -0.384.